The number of likely N-dealkylation sites (tertiary alicyclic amines) is 1. The molecule has 4 aliphatic rings. The van der Waals surface area contributed by atoms with Crippen LogP contribution in [-0.2, 0) is 20.8 Å². The molecule has 3 fully saturated rings. The zero-order valence-electron chi connectivity index (χ0n) is 22.8. The molecule has 0 bridgehead atoms. The predicted octanol–water partition coefficient (Wildman–Crippen LogP) is 3.45. The minimum atomic E-state index is -0.717. The second kappa shape index (κ2) is 10.2. The van der Waals surface area contributed by atoms with Crippen LogP contribution in [0.5, 0.6) is 0 Å². The average molecular weight is 542 g/mol. The largest absolute Gasteiger partial charge is 0.388 e. The Kier molecular flexibility index (Phi) is 6.68. The Morgan fingerprint density at radius 3 is 2.58 bits per heavy atom. The lowest BCUT2D eigenvalue weighted by atomic mass is 9.69. The van der Waals surface area contributed by atoms with Crippen LogP contribution in [0.4, 0.5) is 5.69 Å². The Bertz CT molecular complexity index is 1450. The number of hydrogen-bond acceptors (Lipinski definition) is 6. The van der Waals surface area contributed by atoms with Gasteiger partial charge in [-0.2, -0.15) is 0 Å². The van der Waals surface area contributed by atoms with Crippen LogP contribution in [0.2, 0.25) is 0 Å². The molecule has 0 aromatic heterocycles. The lowest BCUT2D eigenvalue weighted by Crippen LogP contribution is -2.53. The van der Waals surface area contributed by atoms with Crippen LogP contribution in [0.15, 0.2) is 42.1 Å². The Morgan fingerprint density at radius 2 is 1.90 bits per heavy atom. The molecule has 3 aliphatic heterocycles. The molecular formula is C31H35N5O4. The second-order valence-corrected chi connectivity index (χ2v) is 11.8. The fraction of sp³-hybridized carbons (Fsp3) is 0.452. The maximum Gasteiger partial charge on any atom is 0.259 e. The van der Waals surface area contributed by atoms with E-state index in [0.717, 1.165) is 67.1 Å². The molecule has 3 heterocycles. The molecule has 9 heteroatoms. The smallest absolute Gasteiger partial charge is 0.259 e. The lowest BCUT2D eigenvalue weighted by Gasteiger charge is -2.43. The Balaban J connectivity index is 1.16. The quantitative estimate of drug-likeness (QED) is 0.366. The first-order valence-corrected chi connectivity index (χ1v) is 14.3. The highest BCUT2D eigenvalue weighted by Crippen LogP contribution is 2.43. The van der Waals surface area contributed by atoms with Crippen LogP contribution in [0.1, 0.15) is 67.8 Å². The van der Waals surface area contributed by atoms with Gasteiger partial charge in [0.2, 0.25) is 17.7 Å². The first-order valence-electron chi connectivity index (χ1n) is 14.3. The first-order chi connectivity index (χ1) is 19.3. The molecule has 4 amide bonds. The van der Waals surface area contributed by atoms with E-state index < -0.39 is 11.9 Å². The number of carbonyl (C=O) groups is 4. The minimum absolute atomic E-state index is 0.156. The average Bonchev–Trinajstić information content (AvgIpc) is 3.23. The van der Waals surface area contributed by atoms with Crippen molar-refractivity contribution in [1.29, 1.82) is 5.41 Å². The van der Waals surface area contributed by atoms with Crippen LogP contribution < -0.4 is 15.5 Å². The van der Waals surface area contributed by atoms with Gasteiger partial charge < -0.3 is 15.6 Å². The van der Waals surface area contributed by atoms with Crippen molar-refractivity contribution in [2.75, 3.05) is 18.0 Å². The molecule has 1 unspecified atom stereocenters. The number of anilines is 1. The number of imide groups is 1. The summed E-state index contributed by atoms with van der Waals surface area (Å²) in [5, 5.41) is 15.6. The van der Waals surface area contributed by atoms with Gasteiger partial charge in [-0.1, -0.05) is 31.5 Å². The van der Waals surface area contributed by atoms with Crippen LogP contribution in [-0.4, -0.2) is 59.9 Å². The van der Waals surface area contributed by atoms with Gasteiger partial charge in [0.05, 0.1) is 5.69 Å². The Labute approximate surface area is 233 Å². The number of hydrogen-bond donors (Lipinski definition) is 3. The van der Waals surface area contributed by atoms with Crippen molar-refractivity contribution in [2.45, 2.75) is 70.4 Å². The van der Waals surface area contributed by atoms with E-state index in [0.29, 0.717) is 30.0 Å². The number of rotatable bonds is 7. The fourth-order valence-electron chi connectivity index (χ4n) is 6.60. The van der Waals surface area contributed by atoms with E-state index in [1.807, 2.05) is 35.4 Å². The van der Waals surface area contributed by atoms with Crippen molar-refractivity contribution in [3.8, 4) is 0 Å². The Hall–Kier alpha value is -4.01. The normalized spacial score (nSPS) is 22.8. The van der Waals surface area contributed by atoms with Crippen molar-refractivity contribution < 1.29 is 19.2 Å². The molecule has 208 valence electrons. The monoisotopic (exact) mass is 541 g/mol. The molecule has 2 saturated heterocycles. The van der Waals surface area contributed by atoms with Crippen molar-refractivity contribution in [1.82, 2.24) is 15.5 Å². The van der Waals surface area contributed by atoms with Crippen molar-refractivity contribution in [2.24, 2.45) is 5.41 Å². The molecule has 6 rings (SSSR count). The highest BCUT2D eigenvalue weighted by molar-refractivity contribution is 6.27. The first kappa shape index (κ1) is 26.2. The SMILES string of the molecule is CC1(C(=O)N2CCC(N/C=C(\C=N)Cc3ccc4c5c(cccc35)C(=O)N4C3CCC(=O)NC3=O)CC2)CCC1. The van der Waals surface area contributed by atoms with E-state index in [4.69, 9.17) is 5.41 Å². The number of nitrogens with one attached hydrogen (secondary N) is 3. The summed E-state index contributed by atoms with van der Waals surface area (Å²) in [6, 6.07) is 8.97. The zero-order valence-corrected chi connectivity index (χ0v) is 22.8. The van der Waals surface area contributed by atoms with Gasteiger partial charge >= 0.3 is 0 Å². The standard InChI is InChI=1S/C31H35N5O4/c1-31(12-3-13-31)30(40)35-14-10-21(11-15-35)33-18-19(17-32)16-20-6-7-24-27-22(20)4-2-5-23(27)29(39)36(24)25-8-9-26(37)34-28(25)38/h2,4-7,17-18,21,25,32-33H,3,8-16H2,1H3,(H,34,37,38)/b19-18-,32-17?. The summed E-state index contributed by atoms with van der Waals surface area (Å²) in [5.74, 6) is -0.683. The summed E-state index contributed by atoms with van der Waals surface area (Å²) in [5.41, 5.74) is 2.88. The molecule has 2 aromatic rings. The molecule has 40 heavy (non-hydrogen) atoms. The van der Waals surface area contributed by atoms with Crippen molar-refractivity contribution in [3.63, 3.8) is 0 Å². The zero-order chi connectivity index (χ0) is 28.0. The molecule has 1 saturated carbocycles. The number of benzene rings is 2. The van der Waals surface area contributed by atoms with E-state index in [2.05, 4.69) is 17.6 Å². The molecule has 1 aliphatic carbocycles. The summed E-state index contributed by atoms with van der Waals surface area (Å²) in [7, 11) is 0. The number of allylic oxidation sites excluding steroid dienone is 1. The van der Waals surface area contributed by atoms with Crippen LogP contribution in [0, 0.1) is 10.8 Å². The number of amides is 4. The molecular weight excluding hydrogens is 506 g/mol. The number of nitrogens with zero attached hydrogens (tertiary/aromatic N) is 2. The van der Waals surface area contributed by atoms with Crippen LogP contribution in [0.3, 0.4) is 0 Å². The minimum Gasteiger partial charge on any atom is -0.388 e. The maximum absolute atomic E-state index is 13.4. The van der Waals surface area contributed by atoms with Gasteiger partial charge in [-0.15, -0.1) is 0 Å². The van der Waals surface area contributed by atoms with Gasteiger partial charge in [-0.25, -0.2) is 0 Å². The molecule has 9 nitrogen and oxygen atoms in total. The van der Waals surface area contributed by atoms with Crippen LogP contribution in [0.25, 0.3) is 10.8 Å². The molecule has 0 radical (unpaired) electrons. The third-order valence-corrected chi connectivity index (χ3v) is 9.18. The van der Waals surface area contributed by atoms with E-state index in [-0.39, 0.29) is 29.7 Å². The topological polar surface area (TPSA) is 123 Å². The summed E-state index contributed by atoms with van der Waals surface area (Å²) >= 11 is 0. The van der Waals surface area contributed by atoms with E-state index in [1.165, 1.54) is 11.1 Å². The van der Waals surface area contributed by atoms with E-state index in [1.54, 1.807) is 6.07 Å². The van der Waals surface area contributed by atoms with Crippen molar-refractivity contribution >= 4 is 46.3 Å². The predicted molar refractivity (Wildman–Crippen MR) is 152 cm³/mol. The second-order valence-electron chi connectivity index (χ2n) is 11.8. The number of carbonyl (C=O) groups excluding carboxylic acids is 4. The third-order valence-electron chi connectivity index (χ3n) is 9.18. The summed E-state index contributed by atoms with van der Waals surface area (Å²) < 4.78 is 0. The van der Waals surface area contributed by atoms with Gasteiger partial charge in [-0.05, 0) is 60.8 Å². The summed E-state index contributed by atoms with van der Waals surface area (Å²) in [4.78, 5) is 54.0. The Morgan fingerprint density at radius 1 is 1.12 bits per heavy atom. The third kappa shape index (κ3) is 4.47. The van der Waals surface area contributed by atoms with Gasteiger partial charge in [0.25, 0.3) is 5.91 Å². The van der Waals surface area contributed by atoms with Crippen molar-refractivity contribution in [3.05, 3.63) is 53.2 Å². The van der Waals surface area contributed by atoms with E-state index >= 15 is 0 Å². The van der Waals surface area contributed by atoms with E-state index in [9.17, 15) is 19.2 Å². The highest BCUT2D eigenvalue weighted by atomic mass is 16.2. The van der Waals surface area contributed by atoms with Gasteiger partial charge in [-0.3, -0.25) is 29.4 Å². The highest BCUT2D eigenvalue weighted by Gasteiger charge is 2.43. The maximum atomic E-state index is 13.4. The lowest BCUT2D eigenvalue weighted by molar-refractivity contribution is -0.147. The van der Waals surface area contributed by atoms with Gasteiger partial charge in [0.1, 0.15) is 6.04 Å². The molecule has 2 aromatic carbocycles. The summed E-state index contributed by atoms with van der Waals surface area (Å²) in [6.45, 7) is 3.60. The summed E-state index contributed by atoms with van der Waals surface area (Å²) in [6.07, 6.45) is 9.17. The van der Waals surface area contributed by atoms with Gasteiger partial charge in [0.15, 0.2) is 0 Å². The number of piperidine rings is 2. The van der Waals surface area contributed by atoms with Gasteiger partial charge in [0, 0.05) is 60.8 Å². The molecule has 1 atom stereocenters. The molecule has 0 spiro atoms. The fourth-order valence-corrected chi connectivity index (χ4v) is 6.60. The molecule has 3 N–H and O–H groups in total. The van der Waals surface area contributed by atoms with Crippen LogP contribution >= 0.6 is 0 Å².